The smallest absolute Gasteiger partial charge is 0.238 e. The van der Waals surface area contributed by atoms with Crippen LogP contribution in [0.25, 0.3) is 5.65 Å². The molecular weight excluding hydrogens is 538 g/mol. The summed E-state index contributed by atoms with van der Waals surface area (Å²) in [6.07, 6.45) is 6.87. The second-order valence-corrected chi connectivity index (χ2v) is 11.8. The third-order valence-electron chi connectivity index (χ3n) is 7.43. The van der Waals surface area contributed by atoms with Gasteiger partial charge in [-0.25, -0.2) is 4.98 Å². The predicted molar refractivity (Wildman–Crippen MR) is 160 cm³/mol. The zero-order valence-electron chi connectivity index (χ0n) is 23.4. The van der Waals surface area contributed by atoms with Crippen LogP contribution in [0.1, 0.15) is 31.4 Å². The number of nitrogens with one attached hydrogen (secondary N) is 3. The normalized spacial score (nSPS) is 17.9. The maximum Gasteiger partial charge on any atom is 0.238 e. The molecule has 2 aliphatic heterocycles. The van der Waals surface area contributed by atoms with Crippen molar-refractivity contribution in [2.24, 2.45) is 0 Å². The van der Waals surface area contributed by atoms with Gasteiger partial charge < -0.3 is 20.3 Å². The van der Waals surface area contributed by atoms with Gasteiger partial charge in [0.15, 0.2) is 11.0 Å². The van der Waals surface area contributed by atoms with Crippen LogP contribution in [0.2, 0.25) is 0 Å². The average Bonchev–Trinajstić information content (AvgIpc) is 3.77. The Labute approximate surface area is 244 Å². The quantitative estimate of drug-likeness (QED) is 0.214. The fraction of sp³-hybridized carbons (Fsp3) is 0.448. The molecule has 2 aliphatic rings. The first kappa shape index (κ1) is 27.7. The van der Waals surface area contributed by atoms with E-state index < -0.39 is 0 Å². The number of aromatic nitrogens is 5. The molecule has 4 aromatic rings. The number of carbonyl (C=O) groups is 1. The standard InChI is InChI=1S/C29H37N9O2S/c1-21-18-25(35-34-21)31-28-33-29(32-26-6-4-15-38(26)28)41-24-9-7-22(8-10-24)30-27(39)20-37-16-11-23(19-37)40-17-5-14-36-12-2-3-13-36/h4,6-10,15,18,23H,2-3,5,11-14,16-17,19-20H2,1H3,(H,30,39)(H2,31,32,33,34,35). The number of H-pyrrole nitrogens is 1. The number of rotatable bonds is 12. The van der Waals surface area contributed by atoms with Crippen LogP contribution in [0.15, 0.2) is 58.7 Å². The average molecular weight is 576 g/mol. The van der Waals surface area contributed by atoms with Gasteiger partial charge in [-0.15, -0.1) is 0 Å². The van der Waals surface area contributed by atoms with E-state index in [1.165, 1.54) is 37.7 Å². The van der Waals surface area contributed by atoms with Crippen molar-refractivity contribution in [2.45, 2.75) is 48.8 Å². The van der Waals surface area contributed by atoms with E-state index in [2.05, 4.69) is 35.6 Å². The summed E-state index contributed by atoms with van der Waals surface area (Å²) in [5, 5.41) is 14.1. The lowest BCUT2D eigenvalue weighted by molar-refractivity contribution is -0.117. The van der Waals surface area contributed by atoms with Crippen molar-refractivity contribution in [1.82, 2.24) is 34.4 Å². The summed E-state index contributed by atoms with van der Waals surface area (Å²) >= 11 is 1.46. The van der Waals surface area contributed by atoms with Crippen LogP contribution in [-0.2, 0) is 9.53 Å². The Balaban J connectivity index is 0.970. The summed E-state index contributed by atoms with van der Waals surface area (Å²) in [6.45, 7) is 8.44. The summed E-state index contributed by atoms with van der Waals surface area (Å²) in [4.78, 5) is 27.8. The summed E-state index contributed by atoms with van der Waals surface area (Å²) in [5.74, 6) is 1.32. The molecule has 2 saturated heterocycles. The van der Waals surface area contributed by atoms with Crippen molar-refractivity contribution in [3.05, 3.63) is 54.4 Å². The molecule has 1 unspecified atom stereocenters. The van der Waals surface area contributed by atoms with Gasteiger partial charge in [-0.3, -0.25) is 19.2 Å². The van der Waals surface area contributed by atoms with Crippen LogP contribution in [0, 0.1) is 6.92 Å². The number of benzene rings is 1. The molecule has 41 heavy (non-hydrogen) atoms. The van der Waals surface area contributed by atoms with Crippen LogP contribution < -0.4 is 10.6 Å². The number of carbonyl (C=O) groups excluding carboxylic acids is 1. The van der Waals surface area contributed by atoms with Gasteiger partial charge in [-0.1, -0.05) is 0 Å². The van der Waals surface area contributed by atoms with Crippen LogP contribution in [0.4, 0.5) is 17.5 Å². The first-order valence-electron chi connectivity index (χ1n) is 14.4. The van der Waals surface area contributed by atoms with Gasteiger partial charge in [-0.2, -0.15) is 10.1 Å². The SMILES string of the molecule is Cc1cc(Nc2nc(Sc3ccc(NC(=O)CN4CCC(OCCCN5CCCC5)C4)cc3)nc3cccn23)n[nH]1. The van der Waals surface area contributed by atoms with Crippen LogP contribution in [0.5, 0.6) is 0 Å². The molecule has 3 N–H and O–H groups in total. The molecule has 0 saturated carbocycles. The number of hydrogen-bond donors (Lipinski definition) is 3. The number of aryl methyl sites for hydroxylation is 1. The summed E-state index contributed by atoms with van der Waals surface area (Å²) in [7, 11) is 0. The van der Waals surface area contributed by atoms with Crippen molar-refractivity contribution in [3.8, 4) is 0 Å². The van der Waals surface area contributed by atoms with Crippen LogP contribution in [-0.4, -0.2) is 92.3 Å². The number of anilines is 3. The van der Waals surface area contributed by atoms with Gasteiger partial charge in [0.05, 0.1) is 12.6 Å². The number of hydrogen-bond acceptors (Lipinski definition) is 9. The second-order valence-electron chi connectivity index (χ2n) is 10.7. The molecule has 3 aromatic heterocycles. The Bertz CT molecular complexity index is 1450. The highest BCUT2D eigenvalue weighted by Gasteiger charge is 2.24. The Morgan fingerprint density at radius 2 is 1.98 bits per heavy atom. The fourth-order valence-corrected chi connectivity index (χ4v) is 6.13. The molecule has 11 nitrogen and oxygen atoms in total. The highest BCUT2D eigenvalue weighted by Crippen LogP contribution is 2.28. The number of fused-ring (bicyclic) bond motifs is 1. The minimum atomic E-state index is -0.00794. The first-order chi connectivity index (χ1) is 20.1. The molecule has 1 atom stereocenters. The Kier molecular flexibility index (Phi) is 8.80. The zero-order chi connectivity index (χ0) is 28.0. The molecule has 0 radical (unpaired) electrons. The highest BCUT2D eigenvalue weighted by molar-refractivity contribution is 7.99. The molecule has 0 bridgehead atoms. The van der Waals surface area contributed by atoms with Gasteiger partial charge >= 0.3 is 0 Å². The molecule has 2 fully saturated rings. The Hall–Kier alpha value is -3.45. The molecular formula is C29H37N9O2S. The van der Waals surface area contributed by atoms with Crippen LogP contribution in [0.3, 0.4) is 0 Å². The largest absolute Gasteiger partial charge is 0.377 e. The topological polar surface area (TPSA) is 116 Å². The lowest BCUT2D eigenvalue weighted by Crippen LogP contribution is -2.32. The lowest BCUT2D eigenvalue weighted by Gasteiger charge is -2.17. The Morgan fingerprint density at radius 1 is 1.12 bits per heavy atom. The molecule has 6 rings (SSSR count). The fourth-order valence-electron chi connectivity index (χ4n) is 5.38. The summed E-state index contributed by atoms with van der Waals surface area (Å²) < 4.78 is 7.98. The van der Waals surface area contributed by atoms with E-state index in [0.29, 0.717) is 23.5 Å². The number of likely N-dealkylation sites (tertiary alicyclic amines) is 2. The van der Waals surface area contributed by atoms with Crippen LogP contribution >= 0.6 is 11.8 Å². The molecule has 216 valence electrons. The Morgan fingerprint density at radius 3 is 2.78 bits per heavy atom. The molecule has 0 aliphatic carbocycles. The van der Waals surface area contributed by atoms with Crippen molar-refractivity contribution < 1.29 is 9.53 Å². The van der Waals surface area contributed by atoms with Crippen molar-refractivity contribution in [3.63, 3.8) is 0 Å². The molecule has 5 heterocycles. The molecule has 0 spiro atoms. The van der Waals surface area contributed by atoms with Crippen molar-refractivity contribution >= 4 is 40.8 Å². The van der Waals surface area contributed by atoms with E-state index in [1.54, 1.807) is 0 Å². The van der Waals surface area contributed by atoms with Crippen molar-refractivity contribution in [2.75, 3.05) is 56.5 Å². The lowest BCUT2D eigenvalue weighted by atomic mass is 10.3. The molecule has 12 heteroatoms. The predicted octanol–water partition coefficient (Wildman–Crippen LogP) is 4.17. The second kappa shape index (κ2) is 13.0. The molecule has 1 aromatic carbocycles. The number of aromatic amines is 1. The summed E-state index contributed by atoms with van der Waals surface area (Å²) in [6, 6.07) is 13.6. The van der Waals surface area contributed by atoms with E-state index in [0.717, 1.165) is 61.0 Å². The molecule has 1 amide bonds. The van der Waals surface area contributed by atoms with E-state index in [4.69, 9.17) is 9.72 Å². The van der Waals surface area contributed by atoms with Gasteiger partial charge in [0.25, 0.3) is 0 Å². The van der Waals surface area contributed by atoms with Gasteiger partial charge in [0.1, 0.15) is 5.65 Å². The van der Waals surface area contributed by atoms with E-state index in [9.17, 15) is 4.79 Å². The monoisotopic (exact) mass is 575 g/mol. The van der Waals surface area contributed by atoms with Crippen molar-refractivity contribution in [1.29, 1.82) is 0 Å². The first-order valence-corrected chi connectivity index (χ1v) is 15.2. The van der Waals surface area contributed by atoms with Gasteiger partial charge in [-0.05, 0) is 93.9 Å². The highest BCUT2D eigenvalue weighted by atomic mass is 32.2. The minimum absolute atomic E-state index is 0.00794. The number of ether oxygens (including phenoxy) is 1. The number of nitrogens with zero attached hydrogens (tertiary/aromatic N) is 6. The van der Waals surface area contributed by atoms with E-state index in [-0.39, 0.29) is 12.0 Å². The van der Waals surface area contributed by atoms with E-state index in [1.807, 2.05) is 60.0 Å². The maximum atomic E-state index is 12.7. The number of amides is 1. The van der Waals surface area contributed by atoms with Gasteiger partial charge in [0, 0.05) is 54.8 Å². The van der Waals surface area contributed by atoms with Gasteiger partial charge in [0.2, 0.25) is 11.9 Å². The summed E-state index contributed by atoms with van der Waals surface area (Å²) in [5.41, 5.74) is 2.52. The third-order valence-corrected chi connectivity index (χ3v) is 8.30. The third kappa shape index (κ3) is 7.45. The minimum Gasteiger partial charge on any atom is -0.377 e. The maximum absolute atomic E-state index is 12.7. The zero-order valence-corrected chi connectivity index (χ0v) is 24.2. The van der Waals surface area contributed by atoms with E-state index >= 15 is 0 Å².